The van der Waals surface area contributed by atoms with E-state index >= 15 is 0 Å². The lowest BCUT2D eigenvalue weighted by Gasteiger charge is -2.54. The predicted molar refractivity (Wildman–Crippen MR) is 78.9 cm³/mol. The lowest BCUT2D eigenvalue weighted by molar-refractivity contribution is -0.0504. The molecule has 0 saturated carbocycles. The normalized spacial score (nSPS) is 24.7. The van der Waals surface area contributed by atoms with Crippen LogP contribution in [0.1, 0.15) is 52.4 Å². The van der Waals surface area contributed by atoms with E-state index in [0.29, 0.717) is 0 Å². The molecule has 106 valence electrons. The van der Waals surface area contributed by atoms with E-state index in [1.807, 2.05) is 0 Å². The van der Waals surface area contributed by atoms with Crippen molar-refractivity contribution in [1.29, 1.82) is 0 Å². The highest BCUT2D eigenvalue weighted by atomic mass is 15.2. The summed E-state index contributed by atoms with van der Waals surface area (Å²) in [5.74, 6) is 0.962. The third-order valence-electron chi connectivity index (χ3n) is 5.08. The van der Waals surface area contributed by atoms with Crippen molar-refractivity contribution in [3.05, 3.63) is 0 Å². The Morgan fingerprint density at radius 1 is 1.00 bits per heavy atom. The van der Waals surface area contributed by atoms with E-state index < -0.39 is 0 Å². The summed E-state index contributed by atoms with van der Waals surface area (Å²) in [6.07, 6.45) is 8.45. The second kappa shape index (κ2) is 6.38. The topological polar surface area (TPSA) is 6.48 Å². The van der Waals surface area contributed by atoms with E-state index in [-0.39, 0.29) is 0 Å². The summed E-state index contributed by atoms with van der Waals surface area (Å²) in [5, 5.41) is 0. The molecule has 2 heteroatoms. The molecular formula is C16H32N2. The molecule has 0 atom stereocenters. The molecule has 2 saturated heterocycles. The van der Waals surface area contributed by atoms with E-state index in [9.17, 15) is 0 Å². The van der Waals surface area contributed by atoms with Crippen LogP contribution < -0.4 is 0 Å². The molecule has 2 aliphatic heterocycles. The quantitative estimate of drug-likeness (QED) is 0.716. The lowest BCUT2D eigenvalue weighted by atomic mass is 9.71. The molecule has 0 unspecified atom stereocenters. The molecule has 0 aromatic carbocycles. The molecule has 18 heavy (non-hydrogen) atoms. The van der Waals surface area contributed by atoms with Gasteiger partial charge in [0.25, 0.3) is 0 Å². The van der Waals surface area contributed by atoms with Gasteiger partial charge in [-0.15, -0.1) is 0 Å². The van der Waals surface area contributed by atoms with Gasteiger partial charge in [-0.2, -0.15) is 0 Å². The van der Waals surface area contributed by atoms with Crippen molar-refractivity contribution < 1.29 is 0 Å². The number of hydrogen-bond acceptors (Lipinski definition) is 2. The van der Waals surface area contributed by atoms with Gasteiger partial charge in [0.2, 0.25) is 0 Å². The fraction of sp³-hybridized carbons (Fsp3) is 1.00. The Balaban J connectivity index is 1.71. The summed E-state index contributed by atoms with van der Waals surface area (Å²) in [5.41, 5.74) is 0.718. The Kier molecular flexibility index (Phi) is 5.08. The van der Waals surface area contributed by atoms with E-state index in [1.165, 1.54) is 71.2 Å². The Morgan fingerprint density at radius 3 is 2.06 bits per heavy atom. The van der Waals surface area contributed by atoms with Crippen LogP contribution >= 0.6 is 0 Å². The third-order valence-corrected chi connectivity index (χ3v) is 5.08. The Morgan fingerprint density at radius 2 is 1.56 bits per heavy atom. The van der Waals surface area contributed by atoms with Gasteiger partial charge in [-0.1, -0.05) is 26.7 Å². The van der Waals surface area contributed by atoms with E-state index in [1.54, 1.807) is 0 Å². The fourth-order valence-corrected chi connectivity index (χ4v) is 3.95. The highest BCUT2D eigenvalue weighted by Gasteiger charge is 2.44. The minimum absolute atomic E-state index is 0.718. The molecular weight excluding hydrogens is 220 g/mol. The van der Waals surface area contributed by atoms with Crippen molar-refractivity contribution in [3.8, 4) is 0 Å². The number of piperidine rings is 1. The molecule has 2 aliphatic rings. The average Bonchev–Trinajstić information content (AvgIpc) is 2.31. The number of likely N-dealkylation sites (tertiary alicyclic amines) is 2. The van der Waals surface area contributed by atoms with Gasteiger partial charge in [-0.25, -0.2) is 0 Å². The van der Waals surface area contributed by atoms with Crippen molar-refractivity contribution in [2.75, 3.05) is 39.8 Å². The minimum Gasteiger partial charge on any atom is -0.306 e. The minimum atomic E-state index is 0.718. The van der Waals surface area contributed by atoms with Gasteiger partial charge in [-0.3, -0.25) is 0 Å². The number of nitrogens with zero attached hydrogens (tertiary/aromatic N) is 2. The largest absolute Gasteiger partial charge is 0.306 e. The summed E-state index contributed by atoms with van der Waals surface area (Å²) >= 11 is 0. The van der Waals surface area contributed by atoms with Crippen LogP contribution in [-0.2, 0) is 0 Å². The van der Waals surface area contributed by atoms with Gasteiger partial charge in [0.1, 0.15) is 0 Å². The molecule has 0 N–H and O–H groups in total. The Hall–Kier alpha value is -0.0800. The second-order valence-corrected chi connectivity index (χ2v) is 6.92. The van der Waals surface area contributed by atoms with Crippen molar-refractivity contribution >= 4 is 0 Å². The van der Waals surface area contributed by atoms with Crippen LogP contribution in [-0.4, -0.2) is 49.6 Å². The number of rotatable bonds is 6. The molecule has 0 aromatic rings. The second-order valence-electron chi connectivity index (χ2n) is 6.92. The van der Waals surface area contributed by atoms with Crippen LogP contribution in [0.4, 0.5) is 0 Å². The fourth-order valence-electron chi connectivity index (χ4n) is 3.95. The molecule has 2 nitrogen and oxygen atoms in total. The van der Waals surface area contributed by atoms with Crippen LogP contribution in [0.2, 0.25) is 0 Å². The first-order chi connectivity index (χ1) is 8.67. The van der Waals surface area contributed by atoms with E-state index in [0.717, 1.165) is 11.3 Å². The molecule has 1 spiro atoms. The van der Waals surface area contributed by atoms with Gasteiger partial charge in [0, 0.05) is 19.6 Å². The van der Waals surface area contributed by atoms with Crippen LogP contribution in [0.15, 0.2) is 0 Å². The van der Waals surface area contributed by atoms with Crippen molar-refractivity contribution in [2.24, 2.45) is 11.3 Å². The molecule has 0 aliphatic carbocycles. The lowest BCUT2D eigenvalue weighted by Crippen LogP contribution is -2.60. The highest BCUT2D eigenvalue weighted by molar-refractivity contribution is 4.98. The molecule has 0 bridgehead atoms. The molecule has 2 fully saturated rings. The zero-order valence-electron chi connectivity index (χ0n) is 12.7. The van der Waals surface area contributed by atoms with Gasteiger partial charge >= 0.3 is 0 Å². The zero-order valence-corrected chi connectivity index (χ0v) is 12.7. The SMILES string of the molecule is CCCC(CCC)CN1CC2(CCN(C)CC2)C1. The maximum Gasteiger partial charge on any atom is 0.00516 e. The van der Waals surface area contributed by atoms with Gasteiger partial charge < -0.3 is 9.80 Å². The highest BCUT2D eigenvalue weighted by Crippen LogP contribution is 2.40. The smallest absolute Gasteiger partial charge is 0.00516 e. The first-order valence-electron chi connectivity index (χ1n) is 8.08. The summed E-state index contributed by atoms with van der Waals surface area (Å²) in [7, 11) is 2.27. The van der Waals surface area contributed by atoms with Crippen molar-refractivity contribution in [3.63, 3.8) is 0 Å². The van der Waals surface area contributed by atoms with E-state index in [4.69, 9.17) is 0 Å². The average molecular weight is 252 g/mol. The van der Waals surface area contributed by atoms with E-state index in [2.05, 4.69) is 30.7 Å². The van der Waals surface area contributed by atoms with Crippen LogP contribution in [0.5, 0.6) is 0 Å². The number of hydrogen-bond donors (Lipinski definition) is 0. The maximum absolute atomic E-state index is 2.74. The van der Waals surface area contributed by atoms with Gasteiger partial charge in [0.05, 0.1) is 0 Å². The van der Waals surface area contributed by atoms with Crippen LogP contribution in [0.25, 0.3) is 0 Å². The van der Waals surface area contributed by atoms with Gasteiger partial charge in [0.15, 0.2) is 0 Å². The Bertz CT molecular complexity index is 229. The molecule has 0 amide bonds. The first-order valence-corrected chi connectivity index (χ1v) is 8.08. The third kappa shape index (κ3) is 3.48. The van der Waals surface area contributed by atoms with Crippen LogP contribution in [0, 0.1) is 11.3 Å². The summed E-state index contributed by atoms with van der Waals surface area (Å²) in [6.45, 7) is 11.5. The molecule has 2 rings (SSSR count). The van der Waals surface area contributed by atoms with Crippen LogP contribution in [0.3, 0.4) is 0 Å². The first kappa shape index (κ1) is 14.3. The standard InChI is InChI=1S/C16H32N2/c1-4-6-15(7-5-2)12-18-13-16(14-18)8-10-17(3)11-9-16/h15H,4-14H2,1-3H3. The molecule has 0 aromatic heterocycles. The predicted octanol–water partition coefficient (Wildman–Crippen LogP) is 3.23. The van der Waals surface area contributed by atoms with Gasteiger partial charge in [-0.05, 0) is 57.2 Å². The van der Waals surface area contributed by atoms with Crippen molar-refractivity contribution in [1.82, 2.24) is 9.80 Å². The maximum atomic E-state index is 2.74. The zero-order chi connectivity index (χ0) is 13.0. The summed E-state index contributed by atoms with van der Waals surface area (Å²) < 4.78 is 0. The molecule has 0 radical (unpaired) electrons. The monoisotopic (exact) mass is 252 g/mol. The summed E-state index contributed by atoms with van der Waals surface area (Å²) in [6, 6.07) is 0. The molecule has 2 heterocycles. The van der Waals surface area contributed by atoms with Crippen molar-refractivity contribution in [2.45, 2.75) is 52.4 Å². The Labute approximate surface area is 114 Å². The summed E-state index contributed by atoms with van der Waals surface area (Å²) in [4.78, 5) is 5.23.